The van der Waals surface area contributed by atoms with E-state index < -0.39 is 0 Å². The van der Waals surface area contributed by atoms with Gasteiger partial charge in [0.25, 0.3) is 0 Å². The second-order valence-electron chi connectivity index (χ2n) is 2.96. The first-order valence-corrected chi connectivity index (χ1v) is 4.92. The fourth-order valence-electron chi connectivity index (χ4n) is 1.61. The minimum absolute atomic E-state index is 1.09. The normalized spacial score (nSPS) is 11.5. The lowest BCUT2D eigenvalue weighted by molar-refractivity contribution is 1.12. The van der Waals surface area contributed by atoms with Gasteiger partial charge in [0.2, 0.25) is 0 Å². The Balaban J connectivity index is 2.70. The van der Waals surface area contributed by atoms with Gasteiger partial charge >= 0.3 is 0 Å². The zero-order valence-electron chi connectivity index (χ0n) is 6.66. The molecule has 3 rings (SSSR count). The van der Waals surface area contributed by atoms with Crippen LogP contribution in [0.25, 0.3) is 21.8 Å². The summed E-state index contributed by atoms with van der Waals surface area (Å²) < 4.78 is 2.09. The summed E-state index contributed by atoms with van der Waals surface area (Å²) in [6.45, 7) is 0. The lowest BCUT2D eigenvalue weighted by atomic mass is 10.2. The molecule has 3 nitrogen and oxygen atoms in total. The predicted molar refractivity (Wildman–Crippen MR) is 61.0 cm³/mol. The van der Waals surface area contributed by atoms with Crippen molar-refractivity contribution in [1.29, 1.82) is 0 Å². The number of rotatable bonds is 0. The summed E-state index contributed by atoms with van der Waals surface area (Å²) in [5.74, 6) is 0. The minimum Gasteiger partial charge on any atom is -0.289 e. The van der Waals surface area contributed by atoms with E-state index in [1.165, 1.54) is 16.3 Å². The summed E-state index contributed by atoms with van der Waals surface area (Å²) in [5.41, 5.74) is 2.32. The highest BCUT2D eigenvalue weighted by atomic mass is 127. The minimum atomic E-state index is 1.09. The first-order chi connectivity index (χ1) is 6.36. The topological polar surface area (TPSA) is 33.6 Å². The van der Waals surface area contributed by atoms with E-state index in [0.29, 0.717) is 0 Å². The lowest BCUT2D eigenvalue weighted by Gasteiger charge is -1.94. The number of aromatic nitrogens is 3. The van der Waals surface area contributed by atoms with Crippen molar-refractivity contribution >= 4 is 44.7 Å². The zero-order valence-corrected chi connectivity index (χ0v) is 8.82. The van der Waals surface area contributed by atoms with Gasteiger partial charge in [-0.3, -0.25) is 7.88 Å². The maximum absolute atomic E-state index is 4.03. The van der Waals surface area contributed by atoms with Gasteiger partial charge in [-0.1, -0.05) is 6.07 Å². The molecule has 1 aromatic carbocycles. The van der Waals surface area contributed by atoms with Crippen molar-refractivity contribution in [3.05, 3.63) is 30.6 Å². The SMILES string of the molecule is In1ccc2ccc3[nH]ncc3c21. The molecule has 64 valence electrons. The third-order valence-electron chi connectivity index (χ3n) is 2.23. The van der Waals surface area contributed by atoms with E-state index in [1.54, 1.807) is 0 Å². The van der Waals surface area contributed by atoms with E-state index in [2.05, 4.69) is 60.2 Å². The van der Waals surface area contributed by atoms with Crippen LogP contribution in [-0.4, -0.2) is 13.0 Å². The van der Waals surface area contributed by atoms with Crippen LogP contribution in [0.3, 0.4) is 0 Å². The van der Waals surface area contributed by atoms with Gasteiger partial charge in [-0.05, 0) is 12.1 Å². The molecule has 0 saturated carbocycles. The number of halogens is 1. The summed E-state index contributed by atoms with van der Waals surface area (Å²) in [7, 11) is 0. The molecular weight excluding hydrogens is 277 g/mol. The molecule has 0 radical (unpaired) electrons. The first-order valence-electron chi connectivity index (χ1n) is 3.95. The van der Waals surface area contributed by atoms with Gasteiger partial charge < -0.3 is 0 Å². The molecule has 13 heavy (non-hydrogen) atoms. The summed E-state index contributed by atoms with van der Waals surface area (Å²) >= 11 is 2.27. The van der Waals surface area contributed by atoms with Crippen LogP contribution in [0.5, 0.6) is 0 Å². The number of aromatic amines is 1. The molecule has 0 saturated heterocycles. The fourth-order valence-corrected chi connectivity index (χ4v) is 2.31. The third-order valence-corrected chi connectivity index (χ3v) is 3.03. The monoisotopic (exact) mass is 283 g/mol. The van der Waals surface area contributed by atoms with E-state index in [1.807, 2.05) is 6.20 Å². The van der Waals surface area contributed by atoms with Crippen LogP contribution >= 0.6 is 22.9 Å². The molecule has 0 spiro atoms. The summed E-state index contributed by atoms with van der Waals surface area (Å²) in [4.78, 5) is 0. The van der Waals surface area contributed by atoms with Crippen molar-refractivity contribution in [2.75, 3.05) is 0 Å². The van der Waals surface area contributed by atoms with Gasteiger partial charge in [0, 0.05) is 17.0 Å². The average Bonchev–Trinajstić information content (AvgIpc) is 2.70. The molecule has 0 aliphatic heterocycles. The molecule has 0 fully saturated rings. The second kappa shape index (κ2) is 2.47. The highest BCUT2D eigenvalue weighted by molar-refractivity contribution is 14.1. The highest BCUT2D eigenvalue weighted by Gasteiger charge is 2.04. The Bertz CT molecular complexity index is 579. The molecule has 1 N–H and O–H groups in total. The van der Waals surface area contributed by atoms with E-state index in [9.17, 15) is 0 Å². The Labute approximate surface area is 88.2 Å². The zero-order chi connectivity index (χ0) is 8.84. The van der Waals surface area contributed by atoms with Gasteiger partial charge in [0.05, 0.1) is 40.1 Å². The molecule has 2 aromatic heterocycles. The molecule has 0 amide bonds. The molecule has 2 heterocycles. The van der Waals surface area contributed by atoms with Gasteiger partial charge in [0.15, 0.2) is 0 Å². The lowest BCUT2D eigenvalue weighted by Crippen LogP contribution is -1.76. The molecule has 0 aliphatic carbocycles. The molecule has 0 atom stereocenters. The van der Waals surface area contributed by atoms with Gasteiger partial charge in [-0.25, -0.2) is 0 Å². The number of benzene rings is 1. The van der Waals surface area contributed by atoms with Gasteiger partial charge in [-0.15, -0.1) is 0 Å². The number of H-pyrrole nitrogens is 1. The maximum Gasteiger partial charge on any atom is 0.0686 e. The van der Waals surface area contributed by atoms with Crippen molar-refractivity contribution in [2.45, 2.75) is 0 Å². The number of fused-ring (bicyclic) bond motifs is 3. The predicted octanol–water partition coefficient (Wildman–Crippen LogP) is 2.72. The molecule has 4 heteroatoms. The number of hydrogen-bond acceptors (Lipinski definition) is 1. The van der Waals surface area contributed by atoms with Crippen LogP contribution in [0.15, 0.2) is 30.6 Å². The van der Waals surface area contributed by atoms with Crippen molar-refractivity contribution in [3.8, 4) is 0 Å². The van der Waals surface area contributed by atoms with E-state index in [-0.39, 0.29) is 0 Å². The van der Waals surface area contributed by atoms with Crippen LogP contribution < -0.4 is 0 Å². The number of hydrogen-bond donors (Lipinski definition) is 1. The van der Waals surface area contributed by atoms with Gasteiger partial charge in [0.1, 0.15) is 0 Å². The van der Waals surface area contributed by atoms with E-state index >= 15 is 0 Å². The van der Waals surface area contributed by atoms with Crippen LogP contribution in [0.4, 0.5) is 0 Å². The van der Waals surface area contributed by atoms with Crippen molar-refractivity contribution in [2.24, 2.45) is 0 Å². The highest BCUT2D eigenvalue weighted by Crippen LogP contribution is 2.25. The molecule has 0 aliphatic rings. The van der Waals surface area contributed by atoms with Crippen LogP contribution in [0.1, 0.15) is 0 Å². The third kappa shape index (κ3) is 0.918. The Hall–Kier alpha value is -1.04. The maximum atomic E-state index is 4.03. The quantitative estimate of drug-likeness (QED) is 0.632. The first kappa shape index (κ1) is 7.37. The summed E-state index contributed by atoms with van der Waals surface area (Å²) in [6, 6.07) is 6.26. The average molecular weight is 283 g/mol. The summed E-state index contributed by atoms with van der Waals surface area (Å²) in [5, 5.41) is 9.42. The Morgan fingerprint density at radius 3 is 3.15 bits per heavy atom. The molecule has 0 bridgehead atoms. The Kier molecular flexibility index (Phi) is 1.40. The van der Waals surface area contributed by atoms with Crippen molar-refractivity contribution in [3.63, 3.8) is 0 Å². The van der Waals surface area contributed by atoms with E-state index in [0.717, 1.165) is 5.52 Å². The van der Waals surface area contributed by atoms with Crippen LogP contribution in [-0.2, 0) is 0 Å². The van der Waals surface area contributed by atoms with E-state index in [4.69, 9.17) is 0 Å². The van der Waals surface area contributed by atoms with Crippen LogP contribution in [0, 0.1) is 0 Å². The van der Waals surface area contributed by atoms with Crippen molar-refractivity contribution in [1.82, 2.24) is 13.0 Å². The largest absolute Gasteiger partial charge is 0.289 e. The number of nitrogens with zero attached hydrogens (tertiary/aromatic N) is 2. The fraction of sp³-hybridized carbons (Fsp3) is 0. The smallest absolute Gasteiger partial charge is 0.0686 e. The Morgan fingerprint density at radius 2 is 2.23 bits per heavy atom. The Morgan fingerprint density at radius 1 is 1.31 bits per heavy atom. The van der Waals surface area contributed by atoms with Gasteiger partial charge in [-0.2, -0.15) is 5.10 Å². The molecule has 3 aromatic rings. The molecule has 0 unspecified atom stereocenters. The molecular formula is C9H6IN3. The van der Waals surface area contributed by atoms with Crippen molar-refractivity contribution < 1.29 is 0 Å². The van der Waals surface area contributed by atoms with Crippen LogP contribution in [0.2, 0.25) is 0 Å². The standard InChI is InChI=1S/C9H6IN3/c10-13-4-3-6-1-2-8-7(9(6)13)5-11-12-8/h1-5H,(H,11,12). The summed E-state index contributed by atoms with van der Waals surface area (Å²) in [6.07, 6.45) is 3.92. The second-order valence-corrected chi connectivity index (χ2v) is 4.00. The number of nitrogens with one attached hydrogen (secondary N) is 1.